The summed E-state index contributed by atoms with van der Waals surface area (Å²) in [5.74, 6) is 1.07. The van der Waals surface area contributed by atoms with Crippen molar-refractivity contribution in [2.75, 3.05) is 20.3 Å². The Balaban J connectivity index is 0.00000423. The molecule has 9 nitrogen and oxygen atoms in total. The van der Waals surface area contributed by atoms with Gasteiger partial charge in [-0.15, -0.1) is 0 Å². The van der Waals surface area contributed by atoms with Gasteiger partial charge in [0.25, 0.3) is 17.6 Å². The van der Waals surface area contributed by atoms with Crippen LogP contribution in [0.3, 0.4) is 0 Å². The first-order valence-electron chi connectivity index (χ1n) is 14.4. The highest BCUT2D eigenvalue weighted by Gasteiger charge is 2.38. The Morgan fingerprint density at radius 2 is 1.49 bits per heavy atom. The van der Waals surface area contributed by atoms with Gasteiger partial charge in [-0.3, -0.25) is 19.1 Å². The van der Waals surface area contributed by atoms with Crippen LogP contribution < -0.4 is 38.6 Å². The second kappa shape index (κ2) is 14.2. The number of fused-ring (bicyclic) bond motifs is 2. The molecule has 228 valence electrons. The molecule has 5 rings (SSSR count). The molecule has 4 aromatic rings. The van der Waals surface area contributed by atoms with Crippen LogP contribution >= 0.6 is 7.60 Å². The lowest BCUT2D eigenvalue weighted by molar-refractivity contribution is -0.681. The molecule has 0 saturated heterocycles. The van der Waals surface area contributed by atoms with Gasteiger partial charge in [0.15, 0.2) is 11.0 Å². The van der Waals surface area contributed by atoms with Crippen LogP contribution in [-0.4, -0.2) is 41.6 Å². The molecule has 0 fully saturated rings. The van der Waals surface area contributed by atoms with E-state index < -0.39 is 7.60 Å². The Labute approximate surface area is 269 Å². The zero-order valence-corrected chi connectivity index (χ0v) is 28.0. The van der Waals surface area contributed by atoms with Crippen LogP contribution in [0.4, 0.5) is 0 Å². The van der Waals surface area contributed by atoms with Crippen LogP contribution in [0.25, 0.3) is 11.0 Å². The van der Waals surface area contributed by atoms with Crippen LogP contribution in [-0.2, 0) is 39.7 Å². The van der Waals surface area contributed by atoms with Gasteiger partial charge in [0.1, 0.15) is 12.3 Å². The number of imide groups is 1. The largest absolute Gasteiger partial charge is 1.00 e. The maximum absolute atomic E-state index is 13.2. The molecule has 43 heavy (non-hydrogen) atoms. The predicted molar refractivity (Wildman–Crippen MR) is 160 cm³/mol. The number of ether oxygens (including phenoxy) is 1. The standard InChI is InChI=1S/C32H37N3O6P.HI/c1-5-33-29-21-24(39-4)16-19-28(29)34(30(33)22-35-31(36)26-12-8-9-13-27(26)32(35)37)20-10-11-23-14-17-25(18-15-23)42(38,40-6-2)41-7-3;/h8-9,12-19,21H,5-7,10-11,20,22H2,1-4H3;1H/q+1;/p-1. The lowest BCUT2D eigenvalue weighted by Gasteiger charge is -2.17. The normalized spacial score (nSPS) is 13.0. The minimum Gasteiger partial charge on any atom is -1.00 e. The number of nitrogens with zero attached hydrogens (tertiary/aromatic N) is 3. The van der Waals surface area contributed by atoms with E-state index >= 15 is 0 Å². The molecule has 1 aliphatic rings. The van der Waals surface area contributed by atoms with Gasteiger partial charge in [0, 0.05) is 6.07 Å². The molecule has 1 aliphatic heterocycles. The Morgan fingerprint density at radius 3 is 2.05 bits per heavy atom. The molecule has 0 atom stereocenters. The molecule has 0 bridgehead atoms. The quantitative estimate of drug-likeness (QED) is 0.0914. The molecule has 0 spiro atoms. The number of benzene rings is 3. The number of carbonyl (C=O) groups is 2. The average molecular weight is 718 g/mol. The van der Waals surface area contributed by atoms with E-state index in [0.717, 1.165) is 41.0 Å². The van der Waals surface area contributed by atoms with Crippen LogP contribution in [0.2, 0.25) is 0 Å². The van der Waals surface area contributed by atoms with E-state index in [1.807, 2.05) is 42.5 Å². The number of hydrogen-bond acceptors (Lipinski definition) is 6. The van der Waals surface area contributed by atoms with Crippen LogP contribution in [0.1, 0.15) is 59.3 Å². The molecular weight excluding hydrogens is 680 g/mol. The molecule has 2 heterocycles. The molecular formula is C32H37IN3O6P. The lowest BCUT2D eigenvalue weighted by Crippen LogP contribution is -3.00. The van der Waals surface area contributed by atoms with Gasteiger partial charge >= 0.3 is 7.60 Å². The van der Waals surface area contributed by atoms with E-state index in [1.165, 1.54) is 4.90 Å². The summed E-state index contributed by atoms with van der Waals surface area (Å²) in [5.41, 5.74) is 3.97. The third-order valence-corrected chi connectivity index (χ3v) is 9.71. The fourth-order valence-electron chi connectivity index (χ4n) is 5.61. The summed E-state index contributed by atoms with van der Waals surface area (Å²) in [6.45, 7) is 7.75. The predicted octanol–water partition coefficient (Wildman–Crippen LogP) is 2.28. The number of aryl methyl sites for hydroxylation is 3. The van der Waals surface area contributed by atoms with Gasteiger partial charge < -0.3 is 37.8 Å². The minimum atomic E-state index is -3.33. The highest BCUT2D eigenvalue weighted by Crippen LogP contribution is 2.46. The first-order valence-corrected chi connectivity index (χ1v) is 15.9. The summed E-state index contributed by atoms with van der Waals surface area (Å²) in [7, 11) is -1.69. The van der Waals surface area contributed by atoms with Crippen LogP contribution in [0.5, 0.6) is 5.75 Å². The van der Waals surface area contributed by atoms with Gasteiger partial charge in [-0.25, -0.2) is 9.13 Å². The second-order valence-corrected chi connectivity index (χ2v) is 12.0. The van der Waals surface area contributed by atoms with Crippen LogP contribution in [0, 0.1) is 0 Å². The maximum Gasteiger partial charge on any atom is 0.361 e. The maximum atomic E-state index is 13.2. The smallest absolute Gasteiger partial charge is 0.361 e. The van der Waals surface area contributed by atoms with Gasteiger partial charge in [0.2, 0.25) is 0 Å². The SMILES string of the molecule is CCOP(=O)(OCC)c1ccc(CCC[n+]2c(CN3C(=O)c4ccccc4C3=O)n(CC)c3cc(OC)ccc32)cc1.[I-]. The third-order valence-electron chi connectivity index (χ3n) is 7.58. The molecule has 3 aromatic carbocycles. The summed E-state index contributed by atoms with van der Waals surface area (Å²) < 4.78 is 33.9. The Morgan fingerprint density at radius 1 is 0.860 bits per heavy atom. The fraction of sp³-hybridized carbons (Fsp3) is 0.344. The minimum absolute atomic E-state index is 0. The second-order valence-electron chi connectivity index (χ2n) is 10.0. The average Bonchev–Trinajstić information content (AvgIpc) is 3.43. The Kier molecular flexibility index (Phi) is 10.8. The van der Waals surface area contributed by atoms with E-state index in [2.05, 4.69) is 16.1 Å². The van der Waals surface area contributed by atoms with Crippen molar-refractivity contribution in [2.45, 2.75) is 53.2 Å². The summed E-state index contributed by atoms with van der Waals surface area (Å²) in [6, 6.07) is 20.5. The van der Waals surface area contributed by atoms with Crippen molar-refractivity contribution in [3.05, 3.63) is 89.2 Å². The zero-order valence-electron chi connectivity index (χ0n) is 24.9. The van der Waals surface area contributed by atoms with Gasteiger partial charge in [0.05, 0.1) is 49.8 Å². The van der Waals surface area contributed by atoms with Crippen molar-refractivity contribution in [3.63, 3.8) is 0 Å². The van der Waals surface area contributed by atoms with Crippen LogP contribution in [0.15, 0.2) is 66.7 Å². The first kappa shape index (κ1) is 32.9. The first-order chi connectivity index (χ1) is 20.3. The number of carbonyl (C=O) groups excluding carboxylic acids is 2. The zero-order chi connectivity index (χ0) is 29.9. The van der Waals surface area contributed by atoms with E-state index in [9.17, 15) is 14.2 Å². The third kappa shape index (κ3) is 6.43. The van der Waals surface area contributed by atoms with Crippen molar-refractivity contribution >= 4 is 35.7 Å². The summed E-state index contributed by atoms with van der Waals surface area (Å²) in [6.07, 6.45) is 1.59. The van der Waals surface area contributed by atoms with Crippen molar-refractivity contribution in [2.24, 2.45) is 0 Å². The Bertz CT molecular complexity index is 1620. The molecule has 0 unspecified atom stereocenters. The van der Waals surface area contributed by atoms with E-state index in [1.54, 1.807) is 45.2 Å². The van der Waals surface area contributed by atoms with Crippen molar-refractivity contribution < 1.29 is 56.5 Å². The Hall–Kier alpha value is -3.05. The molecule has 11 heteroatoms. The number of amides is 2. The monoisotopic (exact) mass is 717 g/mol. The molecule has 1 aromatic heterocycles. The van der Waals surface area contributed by atoms with Crippen molar-refractivity contribution in [1.82, 2.24) is 9.47 Å². The number of halogens is 1. The molecule has 2 amide bonds. The van der Waals surface area contributed by atoms with Gasteiger partial charge in [-0.2, -0.15) is 0 Å². The molecule has 0 saturated carbocycles. The van der Waals surface area contributed by atoms with Crippen molar-refractivity contribution in [3.8, 4) is 5.75 Å². The topological polar surface area (TPSA) is 91.0 Å². The lowest BCUT2D eigenvalue weighted by atomic mass is 10.1. The van der Waals surface area contributed by atoms with E-state index in [-0.39, 0.29) is 42.3 Å². The number of rotatable bonds is 13. The molecule has 0 N–H and O–H groups in total. The highest BCUT2D eigenvalue weighted by molar-refractivity contribution is 7.62. The summed E-state index contributed by atoms with van der Waals surface area (Å²) in [5, 5.41) is 0.549. The van der Waals surface area contributed by atoms with Gasteiger partial charge in [-0.05, 0) is 75.6 Å². The highest BCUT2D eigenvalue weighted by atomic mass is 127. The molecule has 0 aliphatic carbocycles. The van der Waals surface area contributed by atoms with E-state index in [0.29, 0.717) is 42.7 Å². The molecule has 0 radical (unpaired) electrons. The summed E-state index contributed by atoms with van der Waals surface area (Å²) in [4.78, 5) is 27.8. The number of methoxy groups -OCH3 is 1. The van der Waals surface area contributed by atoms with Gasteiger partial charge in [-0.1, -0.05) is 24.3 Å². The van der Waals surface area contributed by atoms with E-state index in [4.69, 9.17) is 13.8 Å². The fourth-order valence-corrected chi connectivity index (χ4v) is 7.18. The number of hydrogen-bond donors (Lipinski definition) is 0. The number of imidazole rings is 1. The van der Waals surface area contributed by atoms with Crippen molar-refractivity contribution in [1.29, 1.82) is 0 Å². The summed E-state index contributed by atoms with van der Waals surface area (Å²) >= 11 is 0. The number of aromatic nitrogens is 2.